The van der Waals surface area contributed by atoms with E-state index in [1.165, 1.54) is 12.8 Å². The zero-order valence-electron chi connectivity index (χ0n) is 8.92. The Bertz CT molecular complexity index is 351. The first-order chi connectivity index (χ1) is 7.81. The predicted octanol–water partition coefficient (Wildman–Crippen LogP) is 3.84. The molecule has 1 fully saturated rings. The number of benzene rings is 1. The predicted molar refractivity (Wildman–Crippen MR) is 65.2 cm³/mol. The normalized spacial score (nSPS) is 15.1. The largest absolute Gasteiger partial charge is 0.467 e. The number of hydrogen-bond donors (Lipinski definition) is 0. The van der Waals surface area contributed by atoms with Crippen molar-refractivity contribution in [2.45, 2.75) is 18.7 Å². The van der Waals surface area contributed by atoms with E-state index in [2.05, 4.69) is 0 Å². The molecule has 1 aliphatic rings. The monoisotopic (exact) mass is 260 g/mol. The summed E-state index contributed by atoms with van der Waals surface area (Å²) in [6.45, 7) is 1.05. The number of ether oxygens (including phenoxy) is 2. The van der Waals surface area contributed by atoms with Crippen molar-refractivity contribution in [2.75, 3.05) is 13.4 Å². The van der Waals surface area contributed by atoms with E-state index in [4.69, 9.17) is 32.7 Å². The van der Waals surface area contributed by atoms with Crippen molar-refractivity contribution in [3.05, 3.63) is 28.8 Å². The summed E-state index contributed by atoms with van der Waals surface area (Å²) in [6.07, 6.45) is 2.56. The fraction of sp³-hybridized carbons (Fsp3) is 0.500. The molecule has 0 radical (unpaired) electrons. The molecule has 1 aliphatic carbocycles. The summed E-state index contributed by atoms with van der Waals surface area (Å²) in [5.41, 5.74) is 0.820. The van der Waals surface area contributed by atoms with E-state index in [9.17, 15) is 0 Å². The van der Waals surface area contributed by atoms with Crippen LogP contribution in [0.1, 0.15) is 18.4 Å². The Hall–Kier alpha value is -0.440. The molecule has 0 aliphatic heterocycles. The van der Waals surface area contributed by atoms with Crippen LogP contribution in [0.4, 0.5) is 0 Å². The molecule has 4 heteroatoms. The van der Waals surface area contributed by atoms with Crippen molar-refractivity contribution in [3.8, 4) is 5.75 Å². The van der Waals surface area contributed by atoms with Crippen LogP contribution in [0.25, 0.3) is 0 Å². The second-order valence-corrected chi connectivity index (χ2v) is 4.60. The van der Waals surface area contributed by atoms with Crippen LogP contribution in [0.15, 0.2) is 18.2 Å². The molecular formula is C12H14Cl2O2. The highest BCUT2D eigenvalue weighted by molar-refractivity contribution is 6.32. The lowest BCUT2D eigenvalue weighted by Crippen LogP contribution is -2.06. The minimum absolute atomic E-state index is 0.265. The van der Waals surface area contributed by atoms with Crippen molar-refractivity contribution in [2.24, 2.45) is 5.92 Å². The van der Waals surface area contributed by atoms with Crippen molar-refractivity contribution in [3.63, 3.8) is 0 Å². The molecule has 0 saturated heterocycles. The highest BCUT2D eigenvalue weighted by Gasteiger charge is 2.21. The number of halogens is 2. The zero-order valence-corrected chi connectivity index (χ0v) is 10.4. The van der Waals surface area contributed by atoms with Gasteiger partial charge < -0.3 is 9.47 Å². The van der Waals surface area contributed by atoms with Crippen LogP contribution >= 0.6 is 23.2 Å². The molecule has 2 nitrogen and oxygen atoms in total. The standard InChI is InChI=1S/C12H14Cl2O2/c13-6-10-11(14)2-1-3-12(10)16-8-15-7-9-4-5-9/h1-3,9H,4-8H2. The maximum Gasteiger partial charge on any atom is 0.189 e. The summed E-state index contributed by atoms with van der Waals surface area (Å²) < 4.78 is 10.9. The maximum absolute atomic E-state index is 6.00. The zero-order chi connectivity index (χ0) is 11.4. The van der Waals surface area contributed by atoms with Crippen LogP contribution in [-0.4, -0.2) is 13.4 Å². The van der Waals surface area contributed by atoms with E-state index in [0.29, 0.717) is 16.7 Å². The third kappa shape index (κ3) is 3.27. The lowest BCUT2D eigenvalue weighted by molar-refractivity contribution is 0.00958. The number of alkyl halides is 1. The quantitative estimate of drug-likeness (QED) is 0.440. The fourth-order valence-corrected chi connectivity index (χ4v) is 1.98. The molecule has 88 valence electrons. The minimum Gasteiger partial charge on any atom is -0.467 e. The average Bonchev–Trinajstić information content (AvgIpc) is 3.08. The lowest BCUT2D eigenvalue weighted by Gasteiger charge is -2.11. The average molecular weight is 261 g/mol. The molecule has 1 saturated carbocycles. The summed E-state index contributed by atoms with van der Waals surface area (Å²) in [4.78, 5) is 0. The van der Waals surface area contributed by atoms with Gasteiger partial charge in [0.1, 0.15) is 5.75 Å². The van der Waals surface area contributed by atoms with Gasteiger partial charge >= 0.3 is 0 Å². The Morgan fingerprint density at radius 3 is 2.81 bits per heavy atom. The molecule has 1 aromatic rings. The molecule has 1 aromatic carbocycles. The summed E-state index contributed by atoms with van der Waals surface area (Å²) in [5, 5.41) is 0.634. The van der Waals surface area contributed by atoms with Gasteiger partial charge in [-0.3, -0.25) is 0 Å². The van der Waals surface area contributed by atoms with Crippen LogP contribution in [0, 0.1) is 5.92 Å². The van der Waals surface area contributed by atoms with Crippen molar-refractivity contribution >= 4 is 23.2 Å². The van der Waals surface area contributed by atoms with Crippen LogP contribution < -0.4 is 4.74 Å². The third-order valence-corrected chi connectivity index (χ3v) is 3.18. The molecule has 0 heterocycles. The molecule has 0 aromatic heterocycles. The molecule has 0 amide bonds. The second-order valence-electron chi connectivity index (χ2n) is 3.93. The van der Waals surface area contributed by atoms with Crippen molar-refractivity contribution in [1.82, 2.24) is 0 Å². The smallest absolute Gasteiger partial charge is 0.189 e. The number of hydrogen-bond acceptors (Lipinski definition) is 2. The van der Waals surface area contributed by atoms with E-state index in [1.807, 2.05) is 12.1 Å². The summed E-state index contributed by atoms with van der Waals surface area (Å²) in [7, 11) is 0. The van der Waals surface area contributed by atoms with Gasteiger partial charge in [0.05, 0.1) is 12.5 Å². The van der Waals surface area contributed by atoms with Gasteiger partial charge in [0, 0.05) is 10.6 Å². The Morgan fingerprint density at radius 1 is 1.31 bits per heavy atom. The molecule has 2 rings (SSSR count). The first-order valence-corrected chi connectivity index (χ1v) is 6.26. The Labute approximate surface area is 105 Å². The maximum atomic E-state index is 6.00. The van der Waals surface area contributed by atoms with Gasteiger partial charge in [-0.05, 0) is 30.9 Å². The molecule has 0 atom stereocenters. The summed E-state index contributed by atoms with van der Waals surface area (Å²) >= 11 is 11.8. The van der Waals surface area contributed by atoms with E-state index in [-0.39, 0.29) is 6.79 Å². The fourth-order valence-electron chi connectivity index (χ4n) is 1.41. The second kappa shape index (κ2) is 5.76. The van der Waals surface area contributed by atoms with Crippen LogP contribution in [0.5, 0.6) is 5.75 Å². The van der Waals surface area contributed by atoms with Crippen molar-refractivity contribution in [1.29, 1.82) is 0 Å². The Morgan fingerprint density at radius 2 is 2.12 bits per heavy atom. The van der Waals surface area contributed by atoms with Crippen LogP contribution in [0.2, 0.25) is 5.02 Å². The van der Waals surface area contributed by atoms with Gasteiger partial charge in [0.25, 0.3) is 0 Å². The van der Waals surface area contributed by atoms with E-state index < -0.39 is 0 Å². The molecule has 0 unspecified atom stereocenters. The molecular weight excluding hydrogens is 247 g/mol. The molecule has 16 heavy (non-hydrogen) atoms. The molecule has 0 bridgehead atoms. The lowest BCUT2D eigenvalue weighted by atomic mass is 10.2. The summed E-state index contributed by atoms with van der Waals surface area (Å²) in [6, 6.07) is 5.50. The minimum atomic E-state index is 0.265. The first kappa shape index (κ1) is 12.0. The topological polar surface area (TPSA) is 18.5 Å². The first-order valence-electron chi connectivity index (χ1n) is 5.35. The van der Waals surface area contributed by atoms with Crippen LogP contribution in [-0.2, 0) is 10.6 Å². The van der Waals surface area contributed by atoms with Gasteiger partial charge in [-0.2, -0.15) is 0 Å². The van der Waals surface area contributed by atoms with E-state index >= 15 is 0 Å². The van der Waals surface area contributed by atoms with Gasteiger partial charge in [-0.15, -0.1) is 11.6 Å². The Kier molecular flexibility index (Phi) is 4.33. The summed E-state index contributed by atoms with van der Waals surface area (Å²) in [5.74, 6) is 1.80. The van der Waals surface area contributed by atoms with E-state index in [1.54, 1.807) is 6.07 Å². The highest BCUT2D eigenvalue weighted by atomic mass is 35.5. The molecule has 0 N–H and O–H groups in total. The van der Waals surface area contributed by atoms with Gasteiger partial charge in [0.15, 0.2) is 6.79 Å². The van der Waals surface area contributed by atoms with Crippen molar-refractivity contribution < 1.29 is 9.47 Å². The van der Waals surface area contributed by atoms with Gasteiger partial charge in [0.2, 0.25) is 0 Å². The third-order valence-electron chi connectivity index (χ3n) is 2.56. The number of rotatable bonds is 6. The highest BCUT2D eigenvalue weighted by Crippen LogP contribution is 2.30. The van der Waals surface area contributed by atoms with E-state index in [0.717, 1.165) is 18.1 Å². The van der Waals surface area contributed by atoms with Gasteiger partial charge in [-0.1, -0.05) is 17.7 Å². The Balaban J connectivity index is 1.84. The SMILES string of the molecule is ClCc1c(Cl)cccc1OCOCC1CC1. The molecule has 0 spiro atoms. The van der Waals surface area contributed by atoms with Gasteiger partial charge in [-0.25, -0.2) is 0 Å². The van der Waals surface area contributed by atoms with Crippen LogP contribution in [0.3, 0.4) is 0 Å².